The van der Waals surface area contributed by atoms with Crippen LogP contribution in [-0.2, 0) is 0 Å². The number of benzene rings is 1. The molecule has 1 aromatic carbocycles. The monoisotopic (exact) mass is 234 g/mol. The Bertz CT molecular complexity index is 557. The highest BCUT2D eigenvalue weighted by Gasteiger charge is 2.06. The predicted octanol–water partition coefficient (Wildman–Crippen LogP) is 1.10. The van der Waals surface area contributed by atoms with Crippen LogP contribution < -0.4 is 5.32 Å². The molecule has 5 heteroatoms. The van der Waals surface area contributed by atoms with Gasteiger partial charge in [0.05, 0.1) is 17.7 Å². The van der Waals surface area contributed by atoms with Crippen molar-refractivity contribution >= 4 is 16.8 Å². The standard InChI is InChI=1S/C12H11FN2O2/c13-10-2-1-8-5-9(7-15-11(8)6-10)12(17)14-3-4-16/h1-2,5-7,16H,3-4H2,(H,14,17). The van der Waals surface area contributed by atoms with E-state index in [9.17, 15) is 9.18 Å². The van der Waals surface area contributed by atoms with Gasteiger partial charge in [-0.15, -0.1) is 0 Å². The molecule has 0 radical (unpaired) electrons. The summed E-state index contributed by atoms with van der Waals surface area (Å²) in [6.45, 7) is 0.0816. The molecule has 0 saturated heterocycles. The molecular formula is C12H11FN2O2. The summed E-state index contributed by atoms with van der Waals surface area (Å²) in [5, 5.41) is 11.8. The summed E-state index contributed by atoms with van der Waals surface area (Å²) in [6, 6.07) is 5.83. The van der Waals surface area contributed by atoms with Gasteiger partial charge >= 0.3 is 0 Å². The minimum Gasteiger partial charge on any atom is -0.395 e. The number of aliphatic hydroxyl groups is 1. The summed E-state index contributed by atoms with van der Waals surface area (Å²) in [6.07, 6.45) is 1.38. The zero-order valence-corrected chi connectivity index (χ0v) is 8.98. The molecular weight excluding hydrogens is 223 g/mol. The number of halogens is 1. The third-order valence-electron chi connectivity index (χ3n) is 2.31. The van der Waals surface area contributed by atoms with Crippen LogP contribution in [0.4, 0.5) is 4.39 Å². The van der Waals surface area contributed by atoms with Gasteiger partial charge in [0.25, 0.3) is 5.91 Å². The second-order valence-electron chi connectivity index (χ2n) is 3.54. The van der Waals surface area contributed by atoms with E-state index >= 15 is 0 Å². The highest BCUT2D eigenvalue weighted by atomic mass is 19.1. The minimum atomic E-state index is -0.359. The van der Waals surface area contributed by atoms with E-state index < -0.39 is 0 Å². The molecule has 17 heavy (non-hydrogen) atoms. The minimum absolute atomic E-state index is 0.113. The maximum atomic E-state index is 12.9. The van der Waals surface area contributed by atoms with Crippen LogP contribution in [0.2, 0.25) is 0 Å². The molecule has 0 saturated carbocycles. The van der Waals surface area contributed by atoms with Gasteiger partial charge < -0.3 is 10.4 Å². The average molecular weight is 234 g/mol. The van der Waals surface area contributed by atoms with Gasteiger partial charge in [-0.3, -0.25) is 9.78 Å². The number of carbonyl (C=O) groups excluding carboxylic acids is 1. The number of aliphatic hydroxyl groups excluding tert-OH is 1. The Labute approximate surface area is 97.1 Å². The zero-order chi connectivity index (χ0) is 12.3. The van der Waals surface area contributed by atoms with Crippen molar-refractivity contribution in [2.24, 2.45) is 0 Å². The van der Waals surface area contributed by atoms with Crippen LogP contribution in [0, 0.1) is 5.82 Å². The summed E-state index contributed by atoms with van der Waals surface area (Å²) in [4.78, 5) is 15.6. The molecule has 1 heterocycles. The van der Waals surface area contributed by atoms with Gasteiger partial charge in [-0.05, 0) is 18.2 Å². The van der Waals surface area contributed by atoms with Gasteiger partial charge in [-0.1, -0.05) is 0 Å². The van der Waals surface area contributed by atoms with E-state index in [1.807, 2.05) is 0 Å². The smallest absolute Gasteiger partial charge is 0.252 e. The number of pyridine rings is 1. The van der Waals surface area contributed by atoms with Crippen LogP contribution in [0.3, 0.4) is 0 Å². The number of hydrogen-bond acceptors (Lipinski definition) is 3. The van der Waals surface area contributed by atoms with Gasteiger partial charge in [-0.2, -0.15) is 0 Å². The topological polar surface area (TPSA) is 62.2 Å². The Morgan fingerprint density at radius 3 is 3.00 bits per heavy atom. The fourth-order valence-electron chi connectivity index (χ4n) is 1.49. The Balaban J connectivity index is 2.31. The Kier molecular flexibility index (Phi) is 3.30. The van der Waals surface area contributed by atoms with Crippen LogP contribution in [0.15, 0.2) is 30.5 Å². The molecule has 0 aliphatic carbocycles. The molecule has 2 aromatic rings. The van der Waals surface area contributed by atoms with Crippen molar-refractivity contribution in [1.82, 2.24) is 10.3 Å². The maximum absolute atomic E-state index is 12.9. The normalized spacial score (nSPS) is 10.5. The number of carbonyl (C=O) groups is 1. The molecule has 0 spiro atoms. The highest BCUT2D eigenvalue weighted by molar-refractivity contribution is 5.97. The van der Waals surface area contributed by atoms with Crippen LogP contribution in [0.1, 0.15) is 10.4 Å². The highest BCUT2D eigenvalue weighted by Crippen LogP contribution is 2.14. The Hall–Kier alpha value is -2.01. The average Bonchev–Trinajstić information content (AvgIpc) is 2.35. The molecule has 0 aliphatic heterocycles. The van der Waals surface area contributed by atoms with Crippen molar-refractivity contribution < 1.29 is 14.3 Å². The zero-order valence-electron chi connectivity index (χ0n) is 8.98. The van der Waals surface area contributed by atoms with Crippen LogP contribution in [0.5, 0.6) is 0 Å². The molecule has 88 valence electrons. The van der Waals surface area contributed by atoms with E-state index in [4.69, 9.17) is 5.11 Å². The van der Waals surface area contributed by atoms with E-state index in [0.29, 0.717) is 16.5 Å². The van der Waals surface area contributed by atoms with Gasteiger partial charge in [-0.25, -0.2) is 4.39 Å². The lowest BCUT2D eigenvalue weighted by Gasteiger charge is -2.04. The van der Waals surface area contributed by atoms with Crippen molar-refractivity contribution in [1.29, 1.82) is 0 Å². The van der Waals surface area contributed by atoms with Crippen molar-refractivity contribution in [3.05, 3.63) is 41.8 Å². The molecule has 0 bridgehead atoms. The van der Waals surface area contributed by atoms with Crippen molar-refractivity contribution in [2.75, 3.05) is 13.2 Å². The molecule has 0 fully saturated rings. The third kappa shape index (κ3) is 2.57. The van der Waals surface area contributed by atoms with Crippen LogP contribution in [0.25, 0.3) is 10.9 Å². The first-order chi connectivity index (χ1) is 8.20. The molecule has 2 N–H and O–H groups in total. The second-order valence-corrected chi connectivity index (χ2v) is 3.54. The fourth-order valence-corrected chi connectivity index (χ4v) is 1.49. The van der Waals surface area contributed by atoms with Gasteiger partial charge in [0.1, 0.15) is 5.82 Å². The third-order valence-corrected chi connectivity index (χ3v) is 2.31. The maximum Gasteiger partial charge on any atom is 0.252 e. The number of hydrogen-bond donors (Lipinski definition) is 2. The number of nitrogens with zero attached hydrogens (tertiary/aromatic N) is 1. The van der Waals surface area contributed by atoms with Crippen molar-refractivity contribution in [3.63, 3.8) is 0 Å². The molecule has 4 nitrogen and oxygen atoms in total. The lowest BCUT2D eigenvalue weighted by atomic mass is 10.1. The SMILES string of the molecule is O=C(NCCO)c1cnc2cc(F)ccc2c1. The summed E-state index contributed by atoms with van der Waals surface area (Å²) in [5.74, 6) is -0.666. The first kappa shape index (κ1) is 11.5. The lowest BCUT2D eigenvalue weighted by Crippen LogP contribution is -2.26. The largest absolute Gasteiger partial charge is 0.395 e. The van der Waals surface area contributed by atoms with Gasteiger partial charge in [0, 0.05) is 24.2 Å². The molecule has 1 aromatic heterocycles. The Morgan fingerprint density at radius 2 is 2.24 bits per heavy atom. The van der Waals surface area contributed by atoms with Gasteiger partial charge in [0.15, 0.2) is 0 Å². The van der Waals surface area contributed by atoms with E-state index in [1.165, 1.54) is 18.3 Å². The molecule has 0 atom stereocenters. The van der Waals surface area contributed by atoms with E-state index in [2.05, 4.69) is 10.3 Å². The summed E-state index contributed by atoms with van der Waals surface area (Å²) in [5.41, 5.74) is 0.890. The number of rotatable bonds is 3. The first-order valence-corrected chi connectivity index (χ1v) is 5.15. The number of amides is 1. The summed E-state index contributed by atoms with van der Waals surface area (Å²) in [7, 11) is 0. The van der Waals surface area contributed by atoms with Crippen LogP contribution in [-0.4, -0.2) is 29.1 Å². The lowest BCUT2D eigenvalue weighted by molar-refractivity contribution is 0.0944. The molecule has 2 rings (SSSR count). The van der Waals surface area contributed by atoms with Crippen molar-refractivity contribution in [2.45, 2.75) is 0 Å². The Morgan fingerprint density at radius 1 is 1.41 bits per heavy atom. The second kappa shape index (κ2) is 4.88. The first-order valence-electron chi connectivity index (χ1n) is 5.15. The van der Waals surface area contributed by atoms with Crippen LogP contribution >= 0.6 is 0 Å². The fraction of sp³-hybridized carbons (Fsp3) is 0.167. The number of aromatic nitrogens is 1. The summed E-state index contributed by atoms with van der Waals surface area (Å²) >= 11 is 0. The number of nitrogens with one attached hydrogen (secondary N) is 1. The van der Waals surface area contributed by atoms with E-state index in [0.717, 1.165) is 0 Å². The quantitative estimate of drug-likeness (QED) is 0.835. The molecule has 0 unspecified atom stereocenters. The molecule has 0 aliphatic rings. The number of fused-ring (bicyclic) bond motifs is 1. The molecule has 1 amide bonds. The van der Waals surface area contributed by atoms with Gasteiger partial charge in [0.2, 0.25) is 0 Å². The van der Waals surface area contributed by atoms with Crippen molar-refractivity contribution in [3.8, 4) is 0 Å². The predicted molar refractivity (Wildman–Crippen MR) is 61.1 cm³/mol. The van der Waals surface area contributed by atoms with E-state index in [-0.39, 0.29) is 24.9 Å². The van der Waals surface area contributed by atoms with E-state index in [1.54, 1.807) is 12.1 Å². The summed E-state index contributed by atoms with van der Waals surface area (Å²) < 4.78 is 12.9.